The Morgan fingerprint density at radius 3 is 2.21 bits per heavy atom. The first-order chi connectivity index (χ1) is 8.73. The van der Waals surface area contributed by atoms with E-state index in [4.69, 9.17) is 10.2 Å². The second-order valence-electron chi connectivity index (χ2n) is 4.81. The zero-order valence-corrected chi connectivity index (χ0v) is 11.5. The average molecular weight is 271 g/mol. The fraction of sp³-hybridized carbons (Fsp3) is 0.615. The van der Waals surface area contributed by atoms with Gasteiger partial charge in [0.05, 0.1) is 0 Å². The molecule has 3 N–H and O–H groups in total. The van der Waals surface area contributed by atoms with Gasteiger partial charge in [-0.15, -0.1) is 0 Å². The molecule has 0 aliphatic heterocycles. The number of aliphatic carboxylic acids is 2. The van der Waals surface area contributed by atoms with Gasteiger partial charge >= 0.3 is 11.9 Å². The quantitative estimate of drug-likeness (QED) is 0.579. The van der Waals surface area contributed by atoms with Gasteiger partial charge in [0, 0.05) is 12.0 Å². The molecule has 0 aromatic rings. The van der Waals surface area contributed by atoms with Crippen molar-refractivity contribution in [2.75, 3.05) is 0 Å². The van der Waals surface area contributed by atoms with Crippen LogP contribution >= 0.6 is 0 Å². The Bertz CT molecular complexity index is 373. The fourth-order valence-corrected chi connectivity index (χ4v) is 1.30. The smallest absolute Gasteiger partial charge is 0.326 e. The number of rotatable bonds is 8. The van der Waals surface area contributed by atoms with E-state index in [-0.39, 0.29) is 12.8 Å². The zero-order valence-electron chi connectivity index (χ0n) is 11.5. The summed E-state index contributed by atoms with van der Waals surface area (Å²) in [5, 5.41) is 19.7. The number of nitrogens with one attached hydrogen (secondary N) is 1. The summed E-state index contributed by atoms with van der Waals surface area (Å²) in [6, 6.07) is -1.18. The minimum atomic E-state index is -1.23. The summed E-state index contributed by atoms with van der Waals surface area (Å²) >= 11 is 0. The topological polar surface area (TPSA) is 104 Å². The Morgan fingerprint density at radius 2 is 1.79 bits per heavy atom. The molecule has 0 rings (SSSR count). The standard InChI is InChI=1S/C13H21NO5/c1-8(2)4-5-9(3)12(17)14-10(13(18)19)6-7-11(15)16/h5,8,10H,4,6-7H2,1-3H3,(H,14,17)(H,15,16)(H,18,19)/t10-/m1/s1. The van der Waals surface area contributed by atoms with Gasteiger partial charge in [0.15, 0.2) is 0 Å². The number of carboxylic acid groups (broad SMARTS) is 2. The summed E-state index contributed by atoms with van der Waals surface area (Å²) in [6.07, 6.45) is 2.04. The molecular formula is C13H21NO5. The molecular weight excluding hydrogens is 250 g/mol. The predicted octanol–water partition coefficient (Wildman–Crippen LogP) is 1.41. The van der Waals surface area contributed by atoms with Crippen LogP contribution < -0.4 is 5.32 Å². The number of allylic oxidation sites excluding steroid dienone is 1. The number of hydrogen-bond acceptors (Lipinski definition) is 3. The van der Waals surface area contributed by atoms with Crippen molar-refractivity contribution in [1.29, 1.82) is 0 Å². The molecule has 6 heteroatoms. The number of carboxylic acids is 2. The van der Waals surface area contributed by atoms with Crippen molar-refractivity contribution in [3.63, 3.8) is 0 Å². The third kappa shape index (κ3) is 7.96. The highest BCUT2D eigenvalue weighted by molar-refractivity contribution is 5.95. The van der Waals surface area contributed by atoms with Crippen LogP contribution in [0.25, 0.3) is 0 Å². The molecule has 0 spiro atoms. The first-order valence-corrected chi connectivity index (χ1v) is 6.16. The molecule has 0 aromatic heterocycles. The van der Waals surface area contributed by atoms with E-state index >= 15 is 0 Å². The van der Waals surface area contributed by atoms with E-state index in [0.29, 0.717) is 11.5 Å². The Morgan fingerprint density at radius 1 is 1.21 bits per heavy atom. The first-order valence-electron chi connectivity index (χ1n) is 6.16. The molecule has 0 aromatic carbocycles. The van der Waals surface area contributed by atoms with Gasteiger partial charge < -0.3 is 15.5 Å². The van der Waals surface area contributed by atoms with Crippen molar-refractivity contribution in [2.45, 2.75) is 46.1 Å². The van der Waals surface area contributed by atoms with Gasteiger partial charge in [0.1, 0.15) is 6.04 Å². The van der Waals surface area contributed by atoms with Gasteiger partial charge in [-0.2, -0.15) is 0 Å². The van der Waals surface area contributed by atoms with Crippen LogP contribution in [0, 0.1) is 5.92 Å². The first kappa shape index (κ1) is 17.2. The van der Waals surface area contributed by atoms with Gasteiger partial charge in [0.25, 0.3) is 0 Å². The lowest BCUT2D eigenvalue weighted by atomic mass is 10.1. The summed E-state index contributed by atoms with van der Waals surface area (Å²) in [5.41, 5.74) is 0.440. The maximum Gasteiger partial charge on any atom is 0.326 e. The van der Waals surface area contributed by atoms with Crippen molar-refractivity contribution >= 4 is 17.8 Å². The molecule has 108 valence electrons. The SMILES string of the molecule is CC(=CCC(C)C)C(=O)N[C@H](CCC(=O)O)C(=O)O. The van der Waals surface area contributed by atoms with Crippen molar-refractivity contribution in [3.05, 3.63) is 11.6 Å². The van der Waals surface area contributed by atoms with Crippen molar-refractivity contribution in [3.8, 4) is 0 Å². The largest absolute Gasteiger partial charge is 0.481 e. The molecule has 19 heavy (non-hydrogen) atoms. The second-order valence-corrected chi connectivity index (χ2v) is 4.81. The maximum atomic E-state index is 11.7. The minimum Gasteiger partial charge on any atom is -0.481 e. The predicted molar refractivity (Wildman–Crippen MR) is 69.6 cm³/mol. The van der Waals surface area contributed by atoms with E-state index in [1.165, 1.54) is 0 Å². The number of amides is 1. The van der Waals surface area contributed by atoms with Gasteiger partial charge in [-0.3, -0.25) is 9.59 Å². The summed E-state index contributed by atoms with van der Waals surface area (Å²) in [7, 11) is 0. The van der Waals surface area contributed by atoms with Crippen LogP contribution in [0.15, 0.2) is 11.6 Å². The molecule has 0 aliphatic carbocycles. The molecule has 1 atom stereocenters. The Balaban J connectivity index is 4.50. The van der Waals surface area contributed by atoms with Crippen LogP contribution in [0.5, 0.6) is 0 Å². The second kappa shape index (κ2) is 8.29. The molecule has 1 amide bonds. The maximum absolute atomic E-state index is 11.7. The van der Waals surface area contributed by atoms with Crippen LogP contribution in [0.4, 0.5) is 0 Å². The minimum absolute atomic E-state index is 0.131. The third-order valence-corrected chi connectivity index (χ3v) is 2.50. The van der Waals surface area contributed by atoms with Crippen LogP contribution in [-0.2, 0) is 14.4 Å². The van der Waals surface area contributed by atoms with Crippen LogP contribution in [-0.4, -0.2) is 34.1 Å². The third-order valence-electron chi connectivity index (χ3n) is 2.50. The van der Waals surface area contributed by atoms with Crippen molar-refractivity contribution in [1.82, 2.24) is 5.32 Å². The van der Waals surface area contributed by atoms with Crippen LogP contribution in [0.2, 0.25) is 0 Å². The number of hydrogen-bond donors (Lipinski definition) is 3. The van der Waals surface area contributed by atoms with Crippen LogP contribution in [0.1, 0.15) is 40.0 Å². The Labute approximate surface area is 112 Å². The molecule has 0 fully saturated rings. The Hall–Kier alpha value is -1.85. The van der Waals surface area contributed by atoms with Gasteiger partial charge in [-0.05, 0) is 25.7 Å². The number of carbonyl (C=O) groups is 3. The van der Waals surface area contributed by atoms with Gasteiger partial charge in [-0.25, -0.2) is 4.79 Å². The normalized spacial score (nSPS) is 13.2. The monoisotopic (exact) mass is 271 g/mol. The molecule has 0 radical (unpaired) electrons. The van der Waals surface area contributed by atoms with E-state index in [0.717, 1.165) is 6.42 Å². The summed E-state index contributed by atoms with van der Waals surface area (Å²) in [6.45, 7) is 5.62. The zero-order chi connectivity index (χ0) is 15.0. The molecule has 0 aliphatic rings. The summed E-state index contributed by atoms with van der Waals surface area (Å²) in [4.78, 5) is 33.0. The van der Waals surface area contributed by atoms with Crippen LogP contribution in [0.3, 0.4) is 0 Å². The van der Waals surface area contributed by atoms with E-state index in [9.17, 15) is 14.4 Å². The highest BCUT2D eigenvalue weighted by Crippen LogP contribution is 2.06. The summed E-state index contributed by atoms with van der Waals surface area (Å²) < 4.78 is 0. The average Bonchev–Trinajstić information content (AvgIpc) is 2.30. The number of carbonyl (C=O) groups excluding carboxylic acids is 1. The fourth-order valence-electron chi connectivity index (χ4n) is 1.30. The lowest BCUT2D eigenvalue weighted by Crippen LogP contribution is -2.41. The molecule has 0 unspecified atom stereocenters. The van der Waals surface area contributed by atoms with E-state index in [2.05, 4.69) is 5.32 Å². The lowest BCUT2D eigenvalue weighted by Gasteiger charge is -2.13. The summed E-state index contributed by atoms with van der Waals surface area (Å²) in [5.74, 6) is -2.39. The van der Waals surface area contributed by atoms with E-state index in [1.807, 2.05) is 13.8 Å². The highest BCUT2D eigenvalue weighted by Gasteiger charge is 2.21. The molecule has 0 saturated carbocycles. The van der Waals surface area contributed by atoms with E-state index in [1.54, 1.807) is 13.0 Å². The van der Waals surface area contributed by atoms with Crippen molar-refractivity contribution in [2.24, 2.45) is 5.92 Å². The molecule has 0 heterocycles. The molecule has 6 nitrogen and oxygen atoms in total. The molecule has 0 saturated heterocycles. The van der Waals surface area contributed by atoms with Gasteiger partial charge in [0.2, 0.25) is 5.91 Å². The van der Waals surface area contributed by atoms with Gasteiger partial charge in [-0.1, -0.05) is 19.9 Å². The highest BCUT2D eigenvalue weighted by atomic mass is 16.4. The lowest BCUT2D eigenvalue weighted by molar-refractivity contribution is -0.142. The Kier molecular flexibility index (Phi) is 7.48. The van der Waals surface area contributed by atoms with Crippen molar-refractivity contribution < 1.29 is 24.6 Å². The molecule has 0 bridgehead atoms. The van der Waals surface area contributed by atoms with E-state index < -0.39 is 23.9 Å².